The molecule has 0 saturated heterocycles. The predicted molar refractivity (Wildman–Crippen MR) is 77.8 cm³/mol. The van der Waals surface area contributed by atoms with E-state index in [-0.39, 0.29) is 5.91 Å². The van der Waals surface area contributed by atoms with Crippen LogP contribution in [0.15, 0.2) is 24.3 Å². The standard InChI is InChI=1S/C14H21N3O3/c1-16-12-8-3-2-6-10(12)13(18)17-9-5-4-7-11(15)14(19)20/h2-3,6,8,11,16H,4-5,7,9,15H2,1H3,(H,17,18)(H,19,20)/t11-/m0/s1. The van der Waals surface area contributed by atoms with E-state index >= 15 is 0 Å². The summed E-state index contributed by atoms with van der Waals surface area (Å²) in [6, 6.07) is 6.43. The fourth-order valence-electron chi connectivity index (χ4n) is 1.81. The van der Waals surface area contributed by atoms with E-state index in [9.17, 15) is 9.59 Å². The number of hydrogen-bond acceptors (Lipinski definition) is 4. The van der Waals surface area contributed by atoms with Gasteiger partial charge in [0.1, 0.15) is 6.04 Å². The first-order valence-corrected chi connectivity index (χ1v) is 6.59. The van der Waals surface area contributed by atoms with E-state index in [0.29, 0.717) is 31.4 Å². The van der Waals surface area contributed by atoms with Crippen LogP contribution in [0.2, 0.25) is 0 Å². The molecule has 0 unspecified atom stereocenters. The third-order valence-corrected chi connectivity index (χ3v) is 2.99. The number of para-hydroxylation sites is 1. The molecular weight excluding hydrogens is 258 g/mol. The third-order valence-electron chi connectivity index (χ3n) is 2.99. The van der Waals surface area contributed by atoms with E-state index in [4.69, 9.17) is 10.8 Å². The number of rotatable bonds is 8. The van der Waals surface area contributed by atoms with Gasteiger partial charge in [-0.15, -0.1) is 0 Å². The second-order valence-electron chi connectivity index (χ2n) is 4.49. The Bertz CT molecular complexity index is 463. The molecule has 0 aliphatic rings. The van der Waals surface area contributed by atoms with Crippen molar-refractivity contribution in [1.82, 2.24) is 5.32 Å². The lowest BCUT2D eigenvalue weighted by molar-refractivity contribution is -0.138. The first-order chi connectivity index (χ1) is 9.56. The minimum Gasteiger partial charge on any atom is -0.480 e. The fraction of sp³-hybridized carbons (Fsp3) is 0.429. The van der Waals surface area contributed by atoms with Crippen LogP contribution < -0.4 is 16.4 Å². The van der Waals surface area contributed by atoms with Crippen LogP contribution in [0.4, 0.5) is 5.69 Å². The molecular formula is C14H21N3O3. The van der Waals surface area contributed by atoms with Crippen molar-refractivity contribution in [3.05, 3.63) is 29.8 Å². The van der Waals surface area contributed by atoms with Gasteiger partial charge in [-0.1, -0.05) is 12.1 Å². The van der Waals surface area contributed by atoms with Gasteiger partial charge in [-0.3, -0.25) is 9.59 Å². The molecule has 1 aromatic rings. The van der Waals surface area contributed by atoms with Crippen LogP contribution in [0.1, 0.15) is 29.6 Å². The van der Waals surface area contributed by atoms with Gasteiger partial charge in [0.05, 0.1) is 5.56 Å². The van der Waals surface area contributed by atoms with Crippen LogP contribution in [0.25, 0.3) is 0 Å². The van der Waals surface area contributed by atoms with E-state index in [1.165, 1.54) is 0 Å². The number of amides is 1. The highest BCUT2D eigenvalue weighted by Crippen LogP contribution is 2.13. The van der Waals surface area contributed by atoms with Crippen molar-refractivity contribution in [1.29, 1.82) is 0 Å². The van der Waals surface area contributed by atoms with Gasteiger partial charge in [0.2, 0.25) is 0 Å². The van der Waals surface area contributed by atoms with Crippen molar-refractivity contribution in [2.45, 2.75) is 25.3 Å². The number of unbranched alkanes of at least 4 members (excludes halogenated alkanes) is 1. The Morgan fingerprint density at radius 1 is 1.30 bits per heavy atom. The van der Waals surface area contributed by atoms with Gasteiger partial charge in [0.15, 0.2) is 0 Å². The maximum absolute atomic E-state index is 12.0. The number of aliphatic carboxylic acids is 1. The summed E-state index contributed by atoms with van der Waals surface area (Å²) in [7, 11) is 1.76. The zero-order chi connectivity index (χ0) is 15.0. The van der Waals surface area contributed by atoms with Gasteiger partial charge < -0.3 is 21.5 Å². The van der Waals surface area contributed by atoms with Gasteiger partial charge >= 0.3 is 5.97 Å². The number of carbonyl (C=O) groups excluding carboxylic acids is 1. The normalized spacial score (nSPS) is 11.7. The molecule has 0 radical (unpaired) electrons. The molecule has 0 bridgehead atoms. The quantitative estimate of drug-likeness (QED) is 0.532. The Morgan fingerprint density at radius 3 is 2.65 bits per heavy atom. The Morgan fingerprint density at radius 2 is 2.00 bits per heavy atom. The molecule has 0 aliphatic heterocycles. The molecule has 110 valence electrons. The maximum atomic E-state index is 12.0. The lowest BCUT2D eigenvalue weighted by Crippen LogP contribution is -2.30. The largest absolute Gasteiger partial charge is 0.480 e. The van der Waals surface area contributed by atoms with Gasteiger partial charge in [0.25, 0.3) is 5.91 Å². The van der Waals surface area contributed by atoms with Gasteiger partial charge in [-0.25, -0.2) is 0 Å². The highest BCUT2D eigenvalue weighted by molar-refractivity contribution is 5.99. The van der Waals surface area contributed by atoms with E-state index < -0.39 is 12.0 Å². The van der Waals surface area contributed by atoms with Crippen LogP contribution in [0, 0.1) is 0 Å². The molecule has 0 aromatic heterocycles. The van der Waals surface area contributed by atoms with Crippen LogP contribution in [-0.4, -0.2) is 36.6 Å². The summed E-state index contributed by atoms with van der Waals surface area (Å²) in [5.74, 6) is -1.13. The highest BCUT2D eigenvalue weighted by atomic mass is 16.4. The van der Waals surface area contributed by atoms with E-state index in [1.54, 1.807) is 13.1 Å². The molecule has 0 aliphatic carbocycles. The first-order valence-electron chi connectivity index (χ1n) is 6.59. The molecule has 0 spiro atoms. The molecule has 0 heterocycles. The average Bonchev–Trinajstić information content (AvgIpc) is 2.46. The van der Waals surface area contributed by atoms with Crippen molar-refractivity contribution < 1.29 is 14.7 Å². The second kappa shape index (κ2) is 8.16. The zero-order valence-corrected chi connectivity index (χ0v) is 11.6. The summed E-state index contributed by atoms with van der Waals surface area (Å²) < 4.78 is 0. The summed E-state index contributed by atoms with van der Waals surface area (Å²) >= 11 is 0. The number of nitrogens with one attached hydrogen (secondary N) is 2. The summed E-state index contributed by atoms with van der Waals surface area (Å²) in [6.07, 6.45) is 1.79. The third kappa shape index (κ3) is 4.89. The average molecular weight is 279 g/mol. The molecule has 0 saturated carbocycles. The first kappa shape index (κ1) is 16.0. The fourth-order valence-corrected chi connectivity index (χ4v) is 1.81. The molecule has 20 heavy (non-hydrogen) atoms. The van der Waals surface area contributed by atoms with Crippen LogP contribution >= 0.6 is 0 Å². The van der Waals surface area contributed by atoms with Crippen molar-refractivity contribution in [3.8, 4) is 0 Å². The molecule has 1 aromatic carbocycles. The molecule has 1 rings (SSSR count). The molecule has 1 atom stereocenters. The summed E-state index contributed by atoms with van der Waals surface area (Å²) in [5.41, 5.74) is 6.76. The number of benzene rings is 1. The number of nitrogens with two attached hydrogens (primary N) is 1. The lowest BCUT2D eigenvalue weighted by Gasteiger charge is -2.10. The van der Waals surface area contributed by atoms with Gasteiger partial charge in [0, 0.05) is 19.3 Å². The Hall–Kier alpha value is -2.08. The number of carboxylic acid groups (broad SMARTS) is 1. The van der Waals surface area contributed by atoms with Gasteiger partial charge in [-0.2, -0.15) is 0 Å². The molecule has 1 amide bonds. The highest BCUT2D eigenvalue weighted by Gasteiger charge is 2.11. The van der Waals surface area contributed by atoms with Crippen molar-refractivity contribution in [2.75, 3.05) is 18.9 Å². The Kier molecular flexibility index (Phi) is 6.52. The Balaban J connectivity index is 2.32. The zero-order valence-electron chi connectivity index (χ0n) is 11.6. The SMILES string of the molecule is CNc1ccccc1C(=O)NCCCC[C@H](N)C(=O)O. The second-order valence-corrected chi connectivity index (χ2v) is 4.49. The minimum absolute atomic E-state index is 0.141. The van der Waals surface area contributed by atoms with E-state index in [0.717, 1.165) is 5.69 Å². The van der Waals surface area contributed by atoms with Crippen LogP contribution in [-0.2, 0) is 4.79 Å². The van der Waals surface area contributed by atoms with E-state index in [1.807, 2.05) is 18.2 Å². The van der Waals surface area contributed by atoms with Gasteiger partial charge in [-0.05, 0) is 31.4 Å². The topological polar surface area (TPSA) is 104 Å². The molecule has 0 fully saturated rings. The van der Waals surface area contributed by atoms with E-state index in [2.05, 4.69) is 10.6 Å². The maximum Gasteiger partial charge on any atom is 0.320 e. The predicted octanol–water partition coefficient (Wildman–Crippen LogP) is 1.04. The van der Waals surface area contributed by atoms with Crippen molar-refractivity contribution in [3.63, 3.8) is 0 Å². The number of hydrogen-bond donors (Lipinski definition) is 4. The number of anilines is 1. The Labute approximate surface area is 118 Å². The minimum atomic E-state index is -0.989. The molecule has 6 heteroatoms. The summed E-state index contributed by atoms with van der Waals surface area (Å²) in [6.45, 7) is 0.503. The lowest BCUT2D eigenvalue weighted by atomic mass is 10.1. The summed E-state index contributed by atoms with van der Waals surface area (Å²) in [5, 5.41) is 14.4. The number of carboxylic acids is 1. The van der Waals surface area contributed by atoms with Crippen LogP contribution in [0.3, 0.4) is 0 Å². The van der Waals surface area contributed by atoms with Crippen molar-refractivity contribution >= 4 is 17.6 Å². The van der Waals surface area contributed by atoms with Crippen LogP contribution in [0.5, 0.6) is 0 Å². The van der Waals surface area contributed by atoms with Crippen molar-refractivity contribution in [2.24, 2.45) is 5.73 Å². The monoisotopic (exact) mass is 279 g/mol. The summed E-state index contributed by atoms with van der Waals surface area (Å²) in [4.78, 5) is 22.5. The smallest absolute Gasteiger partial charge is 0.320 e. The molecule has 5 N–H and O–H groups in total. The molecule has 6 nitrogen and oxygen atoms in total. The number of carbonyl (C=O) groups is 2.